The number of carbonyl (C=O) groups is 1. The summed E-state index contributed by atoms with van der Waals surface area (Å²) in [6, 6.07) is 4.15. The molecule has 1 N–H and O–H groups in total. The summed E-state index contributed by atoms with van der Waals surface area (Å²) in [7, 11) is 1.80. The second kappa shape index (κ2) is 8.63. The Morgan fingerprint density at radius 2 is 1.94 bits per heavy atom. The standard InChI is InChI=1S/C26H37N5O2S/c1-15-21(34-16(2)27-15)23(32)29-20-13-17(11-12-26(20,6)7)18-9-10-19-22(28-18)30(8)24(33)31(19)14-25(3,4)5/h9-10,17,20H,11-14H2,1-8H3,(H,29,32). The fourth-order valence-corrected chi connectivity index (χ4v) is 5.90. The number of hydrogen-bond acceptors (Lipinski definition) is 5. The van der Waals surface area contributed by atoms with Crippen molar-refractivity contribution in [2.45, 2.75) is 86.2 Å². The van der Waals surface area contributed by atoms with Gasteiger partial charge in [0.25, 0.3) is 5.91 Å². The van der Waals surface area contributed by atoms with Gasteiger partial charge in [0.05, 0.1) is 16.2 Å². The van der Waals surface area contributed by atoms with Crippen LogP contribution >= 0.6 is 11.3 Å². The van der Waals surface area contributed by atoms with Crippen LogP contribution in [0.5, 0.6) is 0 Å². The molecule has 0 radical (unpaired) electrons. The van der Waals surface area contributed by atoms with Crippen LogP contribution in [-0.2, 0) is 13.6 Å². The van der Waals surface area contributed by atoms with Crippen molar-refractivity contribution in [2.75, 3.05) is 0 Å². The van der Waals surface area contributed by atoms with Gasteiger partial charge in [0.1, 0.15) is 4.88 Å². The van der Waals surface area contributed by atoms with E-state index in [1.165, 1.54) is 11.3 Å². The average molecular weight is 484 g/mol. The lowest BCUT2D eigenvalue weighted by atomic mass is 9.68. The zero-order valence-electron chi connectivity index (χ0n) is 21.7. The minimum absolute atomic E-state index is 0.00715. The average Bonchev–Trinajstić information content (AvgIpc) is 3.19. The Morgan fingerprint density at radius 3 is 2.56 bits per heavy atom. The van der Waals surface area contributed by atoms with Gasteiger partial charge >= 0.3 is 5.69 Å². The minimum atomic E-state index is -0.0353. The number of amides is 1. The van der Waals surface area contributed by atoms with Crippen molar-refractivity contribution in [3.8, 4) is 0 Å². The van der Waals surface area contributed by atoms with E-state index in [2.05, 4.69) is 51.0 Å². The lowest BCUT2D eigenvalue weighted by molar-refractivity contribution is 0.0840. The largest absolute Gasteiger partial charge is 0.348 e. The quantitative estimate of drug-likeness (QED) is 0.569. The number of nitrogens with one attached hydrogen (secondary N) is 1. The fraction of sp³-hybridized carbons (Fsp3) is 0.615. The smallest absolute Gasteiger partial charge is 0.330 e. The first-order valence-electron chi connectivity index (χ1n) is 12.1. The normalized spacial score (nSPS) is 20.6. The van der Waals surface area contributed by atoms with Crippen LogP contribution in [0.1, 0.15) is 85.9 Å². The molecule has 2 atom stereocenters. The van der Waals surface area contributed by atoms with Crippen molar-refractivity contribution in [3.63, 3.8) is 0 Å². The summed E-state index contributed by atoms with van der Waals surface area (Å²) < 4.78 is 3.49. The Hall–Kier alpha value is -2.48. The zero-order valence-corrected chi connectivity index (χ0v) is 22.5. The van der Waals surface area contributed by atoms with Crippen LogP contribution in [0.2, 0.25) is 0 Å². The second-order valence-corrected chi connectivity index (χ2v) is 12.9. The number of imidazole rings is 1. The predicted molar refractivity (Wildman–Crippen MR) is 138 cm³/mol. The molecule has 0 bridgehead atoms. The van der Waals surface area contributed by atoms with Gasteiger partial charge in [0, 0.05) is 31.2 Å². The maximum absolute atomic E-state index is 13.1. The molecule has 1 saturated carbocycles. The summed E-state index contributed by atoms with van der Waals surface area (Å²) in [5, 5.41) is 4.22. The van der Waals surface area contributed by atoms with E-state index in [0.717, 1.165) is 46.8 Å². The summed E-state index contributed by atoms with van der Waals surface area (Å²) in [6.45, 7) is 15.3. The molecule has 3 aromatic heterocycles. The molecule has 2 unspecified atom stereocenters. The SMILES string of the molecule is Cc1nc(C)c(C(=O)NC2CC(c3ccc4c(n3)n(C)c(=O)n4CC(C)(C)C)CCC2(C)C)s1. The third-order valence-electron chi connectivity index (χ3n) is 7.07. The number of pyridine rings is 1. The molecule has 7 nitrogen and oxygen atoms in total. The molecule has 0 saturated heterocycles. The van der Waals surface area contributed by atoms with E-state index >= 15 is 0 Å². The van der Waals surface area contributed by atoms with Gasteiger partial charge in [-0.2, -0.15) is 0 Å². The van der Waals surface area contributed by atoms with Gasteiger partial charge in [-0.3, -0.25) is 13.9 Å². The highest BCUT2D eigenvalue weighted by Gasteiger charge is 2.39. The monoisotopic (exact) mass is 483 g/mol. The zero-order chi connectivity index (χ0) is 25.0. The van der Waals surface area contributed by atoms with Gasteiger partial charge in [-0.15, -0.1) is 11.3 Å². The molecular formula is C26H37N5O2S. The molecule has 0 spiro atoms. The Kier molecular flexibility index (Phi) is 6.25. The van der Waals surface area contributed by atoms with Gasteiger partial charge in [0.2, 0.25) is 0 Å². The Balaban J connectivity index is 1.61. The summed E-state index contributed by atoms with van der Waals surface area (Å²) >= 11 is 1.45. The lowest BCUT2D eigenvalue weighted by Crippen LogP contribution is -2.48. The number of fused-ring (bicyclic) bond motifs is 1. The Bertz CT molecular complexity index is 1290. The third kappa shape index (κ3) is 4.69. The van der Waals surface area contributed by atoms with E-state index < -0.39 is 0 Å². The van der Waals surface area contributed by atoms with E-state index in [0.29, 0.717) is 11.4 Å². The predicted octanol–water partition coefficient (Wildman–Crippen LogP) is 4.95. The van der Waals surface area contributed by atoms with Crippen molar-refractivity contribution in [1.82, 2.24) is 24.4 Å². The number of thiazole rings is 1. The van der Waals surface area contributed by atoms with Gasteiger partial charge in [-0.1, -0.05) is 34.6 Å². The summed E-state index contributed by atoms with van der Waals surface area (Å²) in [6.07, 6.45) is 2.82. The first kappa shape index (κ1) is 24.6. The van der Waals surface area contributed by atoms with Crippen LogP contribution in [0, 0.1) is 24.7 Å². The highest BCUT2D eigenvalue weighted by Crippen LogP contribution is 2.42. The maximum Gasteiger partial charge on any atom is 0.330 e. The fourth-order valence-electron chi connectivity index (χ4n) is 5.07. The van der Waals surface area contributed by atoms with Crippen LogP contribution < -0.4 is 11.0 Å². The molecule has 1 aliphatic rings. The minimum Gasteiger partial charge on any atom is -0.348 e. The molecule has 3 heterocycles. The first-order valence-corrected chi connectivity index (χ1v) is 12.9. The third-order valence-corrected chi connectivity index (χ3v) is 8.14. The molecule has 3 aromatic rings. The van der Waals surface area contributed by atoms with E-state index in [1.54, 1.807) is 11.6 Å². The Morgan fingerprint density at radius 1 is 1.24 bits per heavy atom. The second-order valence-electron chi connectivity index (χ2n) is 11.7. The molecule has 34 heavy (non-hydrogen) atoms. The van der Waals surface area contributed by atoms with Crippen molar-refractivity contribution < 1.29 is 4.79 Å². The number of carbonyl (C=O) groups excluding carboxylic acids is 1. The highest BCUT2D eigenvalue weighted by molar-refractivity contribution is 7.13. The van der Waals surface area contributed by atoms with Crippen molar-refractivity contribution in [2.24, 2.45) is 17.9 Å². The van der Waals surface area contributed by atoms with Crippen molar-refractivity contribution >= 4 is 28.4 Å². The maximum atomic E-state index is 13.1. The van der Waals surface area contributed by atoms with Crippen LogP contribution in [0.3, 0.4) is 0 Å². The van der Waals surface area contributed by atoms with E-state index in [1.807, 2.05) is 24.5 Å². The molecule has 1 fully saturated rings. The van der Waals surface area contributed by atoms with E-state index in [-0.39, 0.29) is 34.4 Å². The van der Waals surface area contributed by atoms with E-state index in [4.69, 9.17) is 4.98 Å². The molecule has 1 aliphatic carbocycles. The first-order chi connectivity index (χ1) is 15.8. The van der Waals surface area contributed by atoms with Crippen LogP contribution in [-0.4, -0.2) is 31.1 Å². The number of rotatable bonds is 4. The summed E-state index contributed by atoms with van der Waals surface area (Å²) in [4.78, 5) is 36.0. The molecule has 1 amide bonds. The van der Waals surface area contributed by atoms with Crippen molar-refractivity contribution in [1.29, 1.82) is 0 Å². The Labute approximate surface area is 205 Å². The number of hydrogen-bond donors (Lipinski definition) is 1. The molecule has 184 valence electrons. The van der Waals surface area contributed by atoms with E-state index in [9.17, 15) is 9.59 Å². The van der Waals surface area contributed by atoms with Crippen LogP contribution in [0.15, 0.2) is 16.9 Å². The van der Waals surface area contributed by atoms with Gasteiger partial charge in [-0.25, -0.2) is 14.8 Å². The van der Waals surface area contributed by atoms with Crippen LogP contribution in [0.25, 0.3) is 11.2 Å². The van der Waals surface area contributed by atoms with Gasteiger partial charge in [-0.05, 0) is 56.1 Å². The number of nitrogens with zero attached hydrogens (tertiary/aromatic N) is 4. The van der Waals surface area contributed by atoms with Gasteiger partial charge in [0.15, 0.2) is 5.65 Å². The lowest BCUT2D eigenvalue weighted by Gasteiger charge is -2.42. The summed E-state index contributed by atoms with van der Waals surface area (Å²) in [5.74, 6) is 0.194. The molecule has 0 aromatic carbocycles. The summed E-state index contributed by atoms with van der Waals surface area (Å²) in [5.41, 5.74) is 3.35. The highest BCUT2D eigenvalue weighted by atomic mass is 32.1. The molecular weight excluding hydrogens is 446 g/mol. The molecule has 4 rings (SSSR count). The topological polar surface area (TPSA) is 81.8 Å². The van der Waals surface area contributed by atoms with Gasteiger partial charge < -0.3 is 5.32 Å². The van der Waals surface area contributed by atoms with Crippen molar-refractivity contribution in [3.05, 3.63) is 43.9 Å². The number of aryl methyl sites for hydroxylation is 3. The number of aromatic nitrogens is 4. The molecule has 0 aliphatic heterocycles. The molecule has 8 heteroatoms. The van der Waals surface area contributed by atoms with Crippen LogP contribution in [0.4, 0.5) is 0 Å².